The van der Waals surface area contributed by atoms with Crippen molar-refractivity contribution in [3.8, 4) is 6.07 Å². The lowest BCUT2D eigenvalue weighted by molar-refractivity contribution is 0.0779. The van der Waals surface area contributed by atoms with Crippen LogP contribution < -0.4 is 0 Å². The van der Waals surface area contributed by atoms with Gasteiger partial charge in [0.1, 0.15) is 12.2 Å². The molecule has 0 fully saturated rings. The molecule has 0 saturated heterocycles. The van der Waals surface area contributed by atoms with Crippen LogP contribution in [0.25, 0.3) is 0 Å². The number of hydrogen-bond acceptors (Lipinski definition) is 4. The standard InChI is InChI=1S/C9H11N3OS/c1-3-12(5-4-10)9(13)8-6-14-7(2)11-8/h6H,3,5H2,1-2H3. The molecule has 0 aromatic carbocycles. The predicted molar refractivity (Wildman–Crippen MR) is 54.0 cm³/mol. The molecule has 5 heteroatoms. The lowest BCUT2D eigenvalue weighted by Gasteiger charge is -2.15. The smallest absolute Gasteiger partial charge is 0.274 e. The van der Waals surface area contributed by atoms with E-state index in [2.05, 4.69) is 4.98 Å². The van der Waals surface area contributed by atoms with Crippen LogP contribution in [0, 0.1) is 18.3 Å². The molecule has 0 N–H and O–H groups in total. The predicted octanol–water partition coefficient (Wildman–Crippen LogP) is 1.44. The van der Waals surface area contributed by atoms with Gasteiger partial charge in [-0.1, -0.05) is 0 Å². The Balaban J connectivity index is 2.78. The van der Waals surface area contributed by atoms with E-state index in [0.717, 1.165) is 5.01 Å². The first-order chi connectivity index (χ1) is 6.69. The number of amides is 1. The molecule has 4 nitrogen and oxygen atoms in total. The van der Waals surface area contributed by atoms with Crippen LogP contribution in [0.4, 0.5) is 0 Å². The summed E-state index contributed by atoms with van der Waals surface area (Å²) >= 11 is 1.44. The van der Waals surface area contributed by atoms with Crippen molar-refractivity contribution < 1.29 is 4.79 Å². The fraction of sp³-hybridized carbons (Fsp3) is 0.444. The summed E-state index contributed by atoms with van der Waals surface area (Å²) < 4.78 is 0. The van der Waals surface area contributed by atoms with E-state index in [1.54, 1.807) is 5.38 Å². The Labute approximate surface area is 86.8 Å². The van der Waals surface area contributed by atoms with Gasteiger partial charge in [0.15, 0.2) is 0 Å². The second-order valence-electron chi connectivity index (χ2n) is 2.73. The van der Waals surface area contributed by atoms with Gasteiger partial charge in [0.25, 0.3) is 5.91 Å². The number of rotatable bonds is 3. The van der Waals surface area contributed by atoms with Crippen molar-refractivity contribution in [2.75, 3.05) is 13.1 Å². The summed E-state index contributed by atoms with van der Waals surface area (Å²) in [6.45, 7) is 4.34. The Morgan fingerprint density at radius 2 is 2.50 bits per heavy atom. The highest BCUT2D eigenvalue weighted by atomic mass is 32.1. The fourth-order valence-corrected chi connectivity index (χ4v) is 1.62. The Hall–Kier alpha value is -1.41. The summed E-state index contributed by atoms with van der Waals surface area (Å²) in [5.41, 5.74) is 0.435. The van der Waals surface area contributed by atoms with Gasteiger partial charge in [0, 0.05) is 11.9 Å². The number of carbonyl (C=O) groups excluding carboxylic acids is 1. The van der Waals surface area contributed by atoms with E-state index in [0.29, 0.717) is 12.2 Å². The van der Waals surface area contributed by atoms with Crippen LogP contribution in [0.1, 0.15) is 22.4 Å². The maximum atomic E-state index is 11.7. The van der Waals surface area contributed by atoms with Gasteiger partial charge in [0.05, 0.1) is 11.1 Å². The molecule has 0 spiro atoms. The van der Waals surface area contributed by atoms with Crippen molar-refractivity contribution in [2.24, 2.45) is 0 Å². The number of nitriles is 1. The summed E-state index contributed by atoms with van der Waals surface area (Å²) in [5, 5.41) is 11.1. The van der Waals surface area contributed by atoms with E-state index < -0.39 is 0 Å². The zero-order chi connectivity index (χ0) is 10.6. The maximum Gasteiger partial charge on any atom is 0.274 e. The SMILES string of the molecule is CCN(CC#N)C(=O)c1csc(C)n1. The Kier molecular flexibility index (Phi) is 3.60. The molecule has 1 amide bonds. The van der Waals surface area contributed by atoms with Gasteiger partial charge >= 0.3 is 0 Å². The average Bonchev–Trinajstić information content (AvgIpc) is 2.60. The molecule has 1 aromatic heterocycles. The fourth-order valence-electron chi connectivity index (χ4n) is 1.04. The maximum absolute atomic E-state index is 11.7. The Morgan fingerprint density at radius 3 is 2.93 bits per heavy atom. The molecule has 74 valence electrons. The second kappa shape index (κ2) is 4.72. The number of carbonyl (C=O) groups is 1. The number of thiazole rings is 1. The monoisotopic (exact) mass is 209 g/mol. The van der Waals surface area contributed by atoms with Crippen LogP contribution in [0.5, 0.6) is 0 Å². The van der Waals surface area contributed by atoms with Crippen LogP contribution >= 0.6 is 11.3 Å². The molecule has 0 bridgehead atoms. The molecular formula is C9H11N3OS. The summed E-state index contributed by atoms with van der Waals surface area (Å²) in [5.74, 6) is -0.168. The molecule has 0 atom stereocenters. The van der Waals surface area contributed by atoms with Crippen LogP contribution in [0.15, 0.2) is 5.38 Å². The molecule has 14 heavy (non-hydrogen) atoms. The van der Waals surface area contributed by atoms with Crippen molar-refractivity contribution in [3.05, 3.63) is 16.1 Å². The van der Waals surface area contributed by atoms with Crippen molar-refractivity contribution >= 4 is 17.2 Å². The number of hydrogen-bond donors (Lipinski definition) is 0. The molecule has 0 aliphatic carbocycles. The van der Waals surface area contributed by atoms with Gasteiger partial charge in [-0.25, -0.2) is 4.98 Å². The van der Waals surface area contributed by atoms with Gasteiger partial charge in [0.2, 0.25) is 0 Å². The van der Waals surface area contributed by atoms with E-state index >= 15 is 0 Å². The lowest BCUT2D eigenvalue weighted by Crippen LogP contribution is -2.31. The Morgan fingerprint density at radius 1 is 1.79 bits per heavy atom. The third kappa shape index (κ3) is 2.30. The minimum atomic E-state index is -0.168. The van der Waals surface area contributed by atoms with E-state index in [9.17, 15) is 4.79 Å². The van der Waals surface area contributed by atoms with Crippen molar-refractivity contribution in [2.45, 2.75) is 13.8 Å². The zero-order valence-corrected chi connectivity index (χ0v) is 8.97. The molecule has 1 heterocycles. The van der Waals surface area contributed by atoms with Crippen LogP contribution in [-0.2, 0) is 0 Å². The highest BCUT2D eigenvalue weighted by Crippen LogP contribution is 2.10. The van der Waals surface area contributed by atoms with Crippen molar-refractivity contribution in [1.29, 1.82) is 5.26 Å². The average molecular weight is 209 g/mol. The first-order valence-corrected chi connectivity index (χ1v) is 5.15. The highest BCUT2D eigenvalue weighted by Gasteiger charge is 2.15. The Bertz CT molecular complexity index is 366. The number of nitrogens with zero attached hydrogens (tertiary/aromatic N) is 3. The van der Waals surface area contributed by atoms with Gasteiger partial charge in [-0.05, 0) is 13.8 Å². The van der Waals surface area contributed by atoms with Gasteiger partial charge in [-0.2, -0.15) is 5.26 Å². The third-order valence-corrected chi connectivity index (χ3v) is 2.54. The minimum Gasteiger partial charge on any atom is -0.324 e. The first kappa shape index (κ1) is 10.7. The summed E-state index contributed by atoms with van der Waals surface area (Å²) in [4.78, 5) is 17.2. The largest absolute Gasteiger partial charge is 0.324 e. The van der Waals surface area contributed by atoms with E-state index in [-0.39, 0.29) is 12.5 Å². The van der Waals surface area contributed by atoms with Crippen LogP contribution in [-0.4, -0.2) is 28.9 Å². The van der Waals surface area contributed by atoms with Gasteiger partial charge in [-0.15, -0.1) is 11.3 Å². The van der Waals surface area contributed by atoms with Crippen LogP contribution in [0.2, 0.25) is 0 Å². The lowest BCUT2D eigenvalue weighted by atomic mass is 10.4. The normalized spacial score (nSPS) is 9.50. The molecular weight excluding hydrogens is 198 g/mol. The topological polar surface area (TPSA) is 57.0 Å². The summed E-state index contributed by atoms with van der Waals surface area (Å²) in [7, 11) is 0. The summed E-state index contributed by atoms with van der Waals surface area (Å²) in [6.07, 6.45) is 0. The number of aromatic nitrogens is 1. The van der Waals surface area contributed by atoms with E-state index in [1.165, 1.54) is 16.2 Å². The minimum absolute atomic E-state index is 0.117. The summed E-state index contributed by atoms with van der Waals surface area (Å²) in [6, 6.07) is 1.96. The van der Waals surface area contributed by atoms with Crippen molar-refractivity contribution in [3.63, 3.8) is 0 Å². The first-order valence-electron chi connectivity index (χ1n) is 4.27. The molecule has 0 saturated carbocycles. The van der Waals surface area contributed by atoms with Gasteiger partial charge in [-0.3, -0.25) is 4.79 Å². The third-order valence-electron chi connectivity index (χ3n) is 1.77. The molecule has 0 unspecified atom stereocenters. The van der Waals surface area contributed by atoms with Gasteiger partial charge < -0.3 is 4.90 Å². The molecule has 1 aromatic rings. The molecule has 0 aliphatic rings. The van der Waals surface area contributed by atoms with E-state index in [4.69, 9.17) is 5.26 Å². The van der Waals surface area contributed by atoms with Crippen LogP contribution in [0.3, 0.4) is 0 Å². The molecule has 0 radical (unpaired) electrons. The van der Waals surface area contributed by atoms with E-state index in [1.807, 2.05) is 19.9 Å². The quantitative estimate of drug-likeness (QED) is 0.708. The second-order valence-corrected chi connectivity index (χ2v) is 3.79. The number of aryl methyl sites for hydroxylation is 1. The molecule has 0 aliphatic heterocycles. The highest BCUT2D eigenvalue weighted by molar-refractivity contribution is 7.09. The molecule has 1 rings (SSSR count). The zero-order valence-electron chi connectivity index (χ0n) is 8.15. The van der Waals surface area contributed by atoms with Crippen molar-refractivity contribution in [1.82, 2.24) is 9.88 Å².